The summed E-state index contributed by atoms with van der Waals surface area (Å²) in [6.45, 7) is 8.68. The highest BCUT2D eigenvalue weighted by atomic mass is 15.1. The van der Waals surface area contributed by atoms with Crippen molar-refractivity contribution in [1.29, 1.82) is 0 Å². The molecule has 0 spiro atoms. The summed E-state index contributed by atoms with van der Waals surface area (Å²) in [6, 6.07) is 6.87. The van der Waals surface area contributed by atoms with Crippen LogP contribution in [-0.4, -0.2) is 9.55 Å². The Morgan fingerprint density at radius 2 is 2.05 bits per heavy atom. The quantitative estimate of drug-likeness (QED) is 0.878. The Kier molecular flexibility index (Phi) is 4.25. The lowest BCUT2D eigenvalue weighted by atomic mass is 10.1. The van der Waals surface area contributed by atoms with E-state index < -0.39 is 0 Å². The van der Waals surface area contributed by atoms with Crippen LogP contribution in [-0.2, 0) is 0 Å². The first kappa shape index (κ1) is 14.1. The maximum absolute atomic E-state index is 6.34. The summed E-state index contributed by atoms with van der Waals surface area (Å²) < 4.78 is 2.29. The molecule has 19 heavy (non-hydrogen) atoms. The second kappa shape index (κ2) is 5.74. The summed E-state index contributed by atoms with van der Waals surface area (Å²) in [7, 11) is 0. The first-order valence-corrected chi connectivity index (χ1v) is 7.28. The van der Waals surface area contributed by atoms with Crippen LogP contribution in [0.15, 0.2) is 18.2 Å². The van der Waals surface area contributed by atoms with E-state index in [1.165, 1.54) is 17.5 Å². The Hall–Kier alpha value is -1.35. The van der Waals surface area contributed by atoms with Gasteiger partial charge in [-0.15, -0.1) is 0 Å². The largest absolute Gasteiger partial charge is 0.324 e. The van der Waals surface area contributed by atoms with E-state index >= 15 is 0 Å². The molecule has 0 fully saturated rings. The number of nitrogens with two attached hydrogens (primary N) is 1. The van der Waals surface area contributed by atoms with Gasteiger partial charge >= 0.3 is 0 Å². The van der Waals surface area contributed by atoms with E-state index in [4.69, 9.17) is 10.7 Å². The van der Waals surface area contributed by atoms with E-state index in [2.05, 4.69) is 50.5 Å². The Labute approximate surface area is 115 Å². The molecule has 0 aliphatic rings. The Balaban J connectivity index is 2.49. The zero-order valence-electron chi connectivity index (χ0n) is 12.5. The van der Waals surface area contributed by atoms with Crippen LogP contribution in [0.2, 0.25) is 0 Å². The fourth-order valence-electron chi connectivity index (χ4n) is 2.58. The molecule has 1 aromatic carbocycles. The van der Waals surface area contributed by atoms with Crippen molar-refractivity contribution in [2.75, 3.05) is 0 Å². The second-order valence-electron chi connectivity index (χ2n) is 5.67. The molecule has 3 nitrogen and oxygen atoms in total. The summed E-state index contributed by atoms with van der Waals surface area (Å²) >= 11 is 0. The molecular weight excluding hydrogens is 234 g/mol. The zero-order chi connectivity index (χ0) is 14.0. The minimum Gasteiger partial charge on any atom is -0.324 e. The van der Waals surface area contributed by atoms with Crippen LogP contribution >= 0.6 is 0 Å². The van der Waals surface area contributed by atoms with Gasteiger partial charge in [0.25, 0.3) is 0 Å². The van der Waals surface area contributed by atoms with Crippen molar-refractivity contribution < 1.29 is 0 Å². The SMILES string of the molecule is CCCCC(N)c1nc2cc(C)ccc2n1C(C)C. The van der Waals surface area contributed by atoms with Crippen LogP contribution in [0.3, 0.4) is 0 Å². The monoisotopic (exact) mass is 259 g/mol. The van der Waals surface area contributed by atoms with Crippen LogP contribution in [0, 0.1) is 6.92 Å². The molecule has 2 rings (SSSR count). The number of imidazole rings is 1. The summed E-state index contributed by atoms with van der Waals surface area (Å²) in [6.07, 6.45) is 3.34. The Bertz CT molecular complexity index is 554. The first-order chi connectivity index (χ1) is 9.04. The molecule has 0 saturated heterocycles. The molecule has 2 N–H and O–H groups in total. The maximum atomic E-state index is 6.34. The lowest BCUT2D eigenvalue weighted by Crippen LogP contribution is -2.17. The van der Waals surface area contributed by atoms with E-state index in [9.17, 15) is 0 Å². The standard InChI is InChI=1S/C16H25N3/c1-5-6-7-13(17)16-18-14-10-12(4)8-9-15(14)19(16)11(2)3/h8-11,13H,5-7,17H2,1-4H3. The van der Waals surface area contributed by atoms with Crippen molar-refractivity contribution >= 4 is 11.0 Å². The first-order valence-electron chi connectivity index (χ1n) is 7.28. The molecular formula is C16H25N3. The average Bonchev–Trinajstić information content (AvgIpc) is 2.74. The van der Waals surface area contributed by atoms with E-state index in [1.807, 2.05) is 0 Å². The Morgan fingerprint density at radius 1 is 1.32 bits per heavy atom. The number of aromatic nitrogens is 2. The predicted molar refractivity (Wildman–Crippen MR) is 81.3 cm³/mol. The topological polar surface area (TPSA) is 43.8 Å². The van der Waals surface area contributed by atoms with Gasteiger partial charge in [-0.2, -0.15) is 0 Å². The van der Waals surface area contributed by atoms with Crippen LogP contribution in [0.1, 0.15) is 63.5 Å². The summed E-state index contributed by atoms with van der Waals surface area (Å²) in [4.78, 5) is 4.79. The number of unbranched alkanes of at least 4 members (excludes halogenated alkanes) is 1. The molecule has 1 aromatic heterocycles. The van der Waals surface area contributed by atoms with Gasteiger partial charge in [0.1, 0.15) is 5.82 Å². The third-order valence-corrected chi connectivity index (χ3v) is 3.59. The van der Waals surface area contributed by atoms with Gasteiger partial charge in [0.05, 0.1) is 17.1 Å². The van der Waals surface area contributed by atoms with Crippen LogP contribution < -0.4 is 5.73 Å². The van der Waals surface area contributed by atoms with E-state index in [-0.39, 0.29) is 6.04 Å². The van der Waals surface area contributed by atoms with Crippen LogP contribution in [0.4, 0.5) is 0 Å². The normalized spacial score (nSPS) is 13.4. The van der Waals surface area contributed by atoms with Gasteiger partial charge in [-0.3, -0.25) is 0 Å². The maximum Gasteiger partial charge on any atom is 0.127 e. The van der Waals surface area contributed by atoms with Gasteiger partial charge < -0.3 is 10.3 Å². The van der Waals surface area contributed by atoms with Crippen molar-refractivity contribution in [2.24, 2.45) is 5.73 Å². The molecule has 104 valence electrons. The second-order valence-corrected chi connectivity index (χ2v) is 5.67. The number of aryl methyl sites for hydroxylation is 1. The molecule has 1 unspecified atom stereocenters. The fourth-order valence-corrected chi connectivity index (χ4v) is 2.58. The molecule has 2 aromatic rings. The van der Waals surface area contributed by atoms with Crippen molar-refractivity contribution in [3.8, 4) is 0 Å². The van der Waals surface area contributed by atoms with Crippen molar-refractivity contribution in [2.45, 2.75) is 59.0 Å². The van der Waals surface area contributed by atoms with Crippen LogP contribution in [0.25, 0.3) is 11.0 Å². The third kappa shape index (κ3) is 2.81. The van der Waals surface area contributed by atoms with Gasteiger partial charge in [0.2, 0.25) is 0 Å². The minimum absolute atomic E-state index is 0.0371. The van der Waals surface area contributed by atoms with Gasteiger partial charge in [0, 0.05) is 6.04 Å². The molecule has 0 aliphatic heterocycles. The highest BCUT2D eigenvalue weighted by Crippen LogP contribution is 2.26. The number of benzene rings is 1. The van der Waals surface area contributed by atoms with E-state index in [0.717, 1.165) is 24.2 Å². The third-order valence-electron chi connectivity index (χ3n) is 3.59. The number of fused-ring (bicyclic) bond motifs is 1. The van der Waals surface area contributed by atoms with Crippen molar-refractivity contribution in [3.05, 3.63) is 29.6 Å². The molecule has 0 saturated carbocycles. The lowest BCUT2D eigenvalue weighted by molar-refractivity contribution is 0.510. The van der Waals surface area contributed by atoms with Gasteiger partial charge in [0.15, 0.2) is 0 Å². The van der Waals surface area contributed by atoms with Gasteiger partial charge in [-0.05, 0) is 44.9 Å². The number of rotatable bonds is 5. The predicted octanol–water partition coefficient (Wildman–Crippen LogP) is 4.12. The molecule has 1 atom stereocenters. The zero-order valence-corrected chi connectivity index (χ0v) is 12.5. The average molecular weight is 259 g/mol. The molecule has 0 bridgehead atoms. The highest BCUT2D eigenvalue weighted by molar-refractivity contribution is 5.77. The number of hydrogen-bond donors (Lipinski definition) is 1. The molecule has 3 heteroatoms. The van der Waals surface area contributed by atoms with Crippen LogP contribution in [0.5, 0.6) is 0 Å². The molecule has 0 radical (unpaired) electrons. The molecule has 0 aliphatic carbocycles. The number of nitrogens with zero attached hydrogens (tertiary/aromatic N) is 2. The summed E-state index contributed by atoms with van der Waals surface area (Å²) in [5.74, 6) is 1.03. The Morgan fingerprint density at radius 3 is 2.68 bits per heavy atom. The minimum atomic E-state index is 0.0371. The summed E-state index contributed by atoms with van der Waals surface area (Å²) in [5, 5.41) is 0. The highest BCUT2D eigenvalue weighted by Gasteiger charge is 2.18. The fraction of sp³-hybridized carbons (Fsp3) is 0.562. The van der Waals surface area contributed by atoms with Crippen molar-refractivity contribution in [3.63, 3.8) is 0 Å². The summed E-state index contributed by atoms with van der Waals surface area (Å²) in [5.41, 5.74) is 9.85. The van der Waals surface area contributed by atoms with Gasteiger partial charge in [-0.1, -0.05) is 25.8 Å². The van der Waals surface area contributed by atoms with E-state index in [0.29, 0.717) is 6.04 Å². The smallest absolute Gasteiger partial charge is 0.127 e. The van der Waals surface area contributed by atoms with Gasteiger partial charge in [-0.25, -0.2) is 4.98 Å². The lowest BCUT2D eigenvalue weighted by Gasteiger charge is -2.17. The van der Waals surface area contributed by atoms with Crippen molar-refractivity contribution in [1.82, 2.24) is 9.55 Å². The number of hydrogen-bond acceptors (Lipinski definition) is 2. The molecule has 1 heterocycles. The molecule has 0 amide bonds. The van der Waals surface area contributed by atoms with E-state index in [1.54, 1.807) is 0 Å².